The fourth-order valence-corrected chi connectivity index (χ4v) is 6.85. The van der Waals surface area contributed by atoms with Crippen molar-refractivity contribution in [3.63, 3.8) is 0 Å². The van der Waals surface area contributed by atoms with Gasteiger partial charge in [0.25, 0.3) is 0 Å². The zero-order valence-electron chi connectivity index (χ0n) is 16.5. The van der Waals surface area contributed by atoms with E-state index in [0.29, 0.717) is 5.56 Å². The quantitative estimate of drug-likeness (QED) is 0.393. The van der Waals surface area contributed by atoms with Gasteiger partial charge in [-0.15, -0.1) is 11.3 Å². The Bertz CT molecular complexity index is 1530. The van der Waals surface area contributed by atoms with E-state index in [4.69, 9.17) is 0 Å². The maximum absolute atomic E-state index is 13.7. The molecular formula is C22H15F2NO4S3. The van der Waals surface area contributed by atoms with Gasteiger partial charge >= 0.3 is 0 Å². The van der Waals surface area contributed by atoms with Gasteiger partial charge in [-0.05, 0) is 48.5 Å². The Hall–Kier alpha value is -2.95. The Kier molecular flexibility index (Phi) is 5.70. The van der Waals surface area contributed by atoms with E-state index in [0.717, 1.165) is 29.7 Å². The maximum Gasteiger partial charge on any atom is 0.233 e. The molecule has 0 radical (unpaired) electrons. The van der Waals surface area contributed by atoms with Crippen LogP contribution in [-0.2, 0) is 19.7 Å². The number of nitrogens with zero attached hydrogens (tertiary/aromatic N) is 1. The standard InChI is InChI=1S/C22H15F2NO4S3/c1-31(26,27)19-8-3-2-7-18(19)21-20(14-9-11-15(23)12-10-14)25-22(30-21)32(28,29)17-6-4-5-16(24)13-17/h2-13H,1H3. The van der Waals surface area contributed by atoms with Crippen LogP contribution in [0.2, 0.25) is 0 Å². The van der Waals surface area contributed by atoms with Crippen molar-refractivity contribution in [2.75, 3.05) is 6.26 Å². The molecule has 0 saturated heterocycles. The highest BCUT2D eigenvalue weighted by Crippen LogP contribution is 2.42. The van der Waals surface area contributed by atoms with Gasteiger partial charge in [-0.25, -0.2) is 30.6 Å². The molecule has 0 N–H and O–H groups in total. The summed E-state index contributed by atoms with van der Waals surface area (Å²) in [6.07, 6.45) is 1.05. The Labute approximate surface area is 187 Å². The van der Waals surface area contributed by atoms with Gasteiger partial charge in [0.05, 0.1) is 20.4 Å². The molecule has 32 heavy (non-hydrogen) atoms. The number of benzene rings is 3. The van der Waals surface area contributed by atoms with Crippen molar-refractivity contribution in [2.45, 2.75) is 14.1 Å². The Morgan fingerprint density at radius 3 is 2.16 bits per heavy atom. The monoisotopic (exact) mass is 491 g/mol. The maximum atomic E-state index is 13.7. The average Bonchev–Trinajstić information content (AvgIpc) is 3.20. The van der Waals surface area contributed by atoms with Gasteiger partial charge < -0.3 is 0 Å². The third-order valence-corrected chi connectivity index (χ3v) is 8.96. The molecule has 4 rings (SSSR count). The van der Waals surface area contributed by atoms with Crippen LogP contribution in [0.5, 0.6) is 0 Å². The van der Waals surface area contributed by atoms with Crippen LogP contribution in [0, 0.1) is 11.6 Å². The van der Waals surface area contributed by atoms with Gasteiger partial charge in [0.2, 0.25) is 14.2 Å². The summed E-state index contributed by atoms with van der Waals surface area (Å²) in [4.78, 5) is 4.29. The molecule has 0 fully saturated rings. The van der Waals surface area contributed by atoms with Gasteiger partial charge in [-0.1, -0.05) is 24.3 Å². The number of halogens is 2. The first-order chi connectivity index (χ1) is 15.1. The molecule has 0 aliphatic carbocycles. The van der Waals surface area contributed by atoms with Gasteiger partial charge in [-0.3, -0.25) is 0 Å². The summed E-state index contributed by atoms with van der Waals surface area (Å²) in [6.45, 7) is 0. The number of thiazole rings is 1. The van der Waals surface area contributed by atoms with Crippen LogP contribution >= 0.6 is 11.3 Å². The number of hydrogen-bond donors (Lipinski definition) is 0. The van der Waals surface area contributed by atoms with Gasteiger partial charge in [0.1, 0.15) is 11.6 Å². The van der Waals surface area contributed by atoms with Crippen molar-refractivity contribution in [3.05, 3.63) is 84.4 Å². The van der Waals surface area contributed by atoms with E-state index in [1.165, 1.54) is 42.5 Å². The van der Waals surface area contributed by atoms with Crippen molar-refractivity contribution in [3.8, 4) is 21.7 Å². The van der Waals surface area contributed by atoms with E-state index in [1.807, 2.05) is 0 Å². The SMILES string of the molecule is CS(=O)(=O)c1ccccc1-c1sc(S(=O)(=O)c2cccc(F)c2)nc1-c1ccc(F)cc1. The van der Waals surface area contributed by atoms with Crippen molar-refractivity contribution >= 4 is 31.0 Å². The van der Waals surface area contributed by atoms with Crippen LogP contribution in [0.15, 0.2) is 86.9 Å². The zero-order valence-corrected chi connectivity index (χ0v) is 18.9. The Morgan fingerprint density at radius 2 is 1.50 bits per heavy atom. The molecule has 164 valence electrons. The topological polar surface area (TPSA) is 81.2 Å². The number of sulfone groups is 2. The van der Waals surface area contributed by atoms with E-state index in [9.17, 15) is 25.6 Å². The predicted octanol–water partition coefficient (Wildman–Crippen LogP) is 4.99. The Balaban J connectivity index is 2.01. The van der Waals surface area contributed by atoms with Crippen molar-refractivity contribution in [2.24, 2.45) is 0 Å². The first-order valence-electron chi connectivity index (χ1n) is 9.14. The third-order valence-electron chi connectivity index (χ3n) is 4.59. The average molecular weight is 492 g/mol. The first kappa shape index (κ1) is 22.3. The molecule has 0 aliphatic rings. The van der Waals surface area contributed by atoms with E-state index in [2.05, 4.69) is 4.98 Å². The minimum Gasteiger partial charge on any atom is -0.224 e. The first-order valence-corrected chi connectivity index (χ1v) is 13.3. The third kappa shape index (κ3) is 4.21. The van der Waals surface area contributed by atoms with Crippen molar-refractivity contribution in [1.29, 1.82) is 0 Å². The molecule has 0 spiro atoms. The minimum absolute atomic E-state index is 0.00159. The second kappa shape index (κ2) is 8.19. The largest absolute Gasteiger partial charge is 0.233 e. The van der Waals surface area contributed by atoms with Crippen LogP contribution < -0.4 is 0 Å². The van der Waals surface area contributed by atoms with Crippen LogP contribution in [0.3, 0.4) is 0 Å². The molecule has 0 atom stereocenters. The van der Waals surface area contributed by atoms with Crippen LogP contribution in [0.25, 0.3) is 21.7 Å². The number of hydrogen-bond acceptors (Lipinski definition) is 6. The van der Waals surface area contributed by atoms with Crippen molar-refractivity contribution < 1.29 is 25.6 Å². The van der Waals surface area contributed by atoms with E-state index in [-0.39, 0.29) is 30.3 Å². The molecule has 0 saturated carbocycles. The molecule has 0 aliphatic heterocycles. The molecule has 3 aromatic carbocycles. The lowest BCUT2D eigenvalue weighted by Crippen LogP contribution is -2.01. The fraction of sp³-hybridized carbons (Fsp3) is 0.0455. The Morgan fingerprint density at radius 1 is 0.812 bits per heavy atom. The van der Waals surface area contributed by atoms with Gasteiger partial charge in [0.15, 0.2) is 9.84 Å². The number of aromatic nitrogens is 1. The molecule has 10 heteroatoms. The lowest BCUT2D eigenvalue weighted by molar-refractivity contribution is 0.590. The normalized spacial score (nSPS) is 12.1. The van der Waals surface area contributed by atoms with Gasteiger partial charge in [0, 0.05) is 17.4 Å². The summed E-state index contributed by atoms with van der Waals surface area (Å²) in [7, 11) is -7.84. The molecule has 1 aromatic heterocycles. The molecular weight excluding hydrogens is 476 g/mol. The van der Waals surface area contributed by atoms with Crippen LogP contribution in [-0.4, -0.2) is 28.1 Å². The van der Waals surface area contributed by atoms with E-state index >= 15 is 0 Å². The highest BCUT2D eigenvalue weighted by molar-refractivity contribution is 7.93. The molecule has 0 amide bonds. The summed E-state index contributed by atoms with van der Waals surface area (Å²) in [6, 6.07) is 15.9. The van der Waals surface area contributed by atoms with Crippen molar-refractivity contribution in [1.82, 2.24) is 4.98 Å². The summed E-state index contributed by atoms with van der Waals surface area (Å²) in [5.41, 5.74) is 0.857. The highest BCUT2D eigenvalue weighted by atomic mass is 32.2. The van der Waals surface area contributed by atoms with Crippen LogP contribution in [0.1, 0.15) is 0 Å². The summed E-state index contributed by atoms with van der Waals surface area (Å²) in [5, 5.41) is 0. The zero-order chi connectivity index (χ0) is 23.1. The smallest absolute Gasteiger partial charge is 0.224 e. The lowest BCUT2D eigenvalue weighted by Gasteiger charge is -2.08. The lowest BCUT2D eigenvalue weighted by atomic mass is 10.1. The second-order valence-electron chi connectivity index (χ2n) is 6.89. The fourth-order valence-electron chi connectivity index (χ4n) is 3.11. The summed E-state index contributed by atoms with van der Waals surface area (Å²) >= 11 is 0.770. The van der Waals surface area contributed by atoms with Crippen LogP contribution in [0.4, 0.5) is 8.78 Å². The molecule has 0 unspecified atom stereocenters. The molecule has 4 aromatic rings. The molecule has 0 bridgehead atoms. The summed E-state index contributed by atoms with van der Waals surface area (Å²) < 4.78 is 77.8. The van der Waals surface area contributed by atoms with E-state index < -0.39 is 31.3 Å². The second-order valence-corrected chi connectivity index (χ2v) is 12.0. The summed E-state index contributed by atoms with van der Waals surface area (Å²) in [5.74, 6) is -1.21. The van der Waals surface area contributed by atoms with Gasteiger partial charge in [-0.2, -0.15) is 0 Å². The number of rotatable bonds is 5. The molecule has 5 nitrogen and oxygen atoms in total. The van der Waals surface area contributed by atoms with E-state index in [1.54, 1.807) is 18.2 Å². The molecule has 1 heterocycles. The predicted molar refractivity (Wildman–Crippen MR) is 118 cm³/mol. The highest BCUT2D eigenvalue weighted by Gasteiger charge is 2.28. The minimum atomic E-state index is -4.19.